The molecule has 1 fully saturated rings. The van der Waals surface area contributed by atoms with E-state index in [2.05, 4.69) is 17.4 Å². The smallest absolute Gasteiger partial charge is 0.0619 e. The highest BCUT2D eigenvalue weighted by Crippen LogP contribution is 2.09. The lowest BCUT2D eigenvalue weighted by Crippen LogP contribution is -2.45. The maximum Gasteiger partial charge on any atom is 0.0619 e. The molecule has 0 radical (unpaired) electrons. The predicted octanol–water partition coefficient (Wildman–Crippen LogP) is 1.36. The van der Waals surface area contributed by atoms with Gasteiger partial charge >= 0.3 is 0 Å². The van der Waals surface area contributed by atoms with Crippen molar-refractivity contribution in [2.24, 2.45) is 0 Å². The number of aliphatic hydroxyl groups excluding tert-OH is 1. The van der Waals surface area contributed by atoms with E-state index in [0.717, 1.165) is 32.5 Å². The molecule has 1 saturated heterocycles. The first-order valence-corrected chi connectivity index (χ1v) is 6.37. The van der Waals surface area contributed by atoms with Gasteiger partial charge < -0.3 is 15.2 Å². The van der Waals surface area contributed by atoms with Crippen molar-refractivity contribution in [2.75, 3.05) is 19.8 Å². The minimum absolute atomic E-state index is 0.129. The first-order valence-electron chi connectivity index (χ1n) is 6.37. The highest BCUT2D eigenvalue weighted by Gasteiger charge is 2.17. The van der Waals surface area contributed by atoms with Crippen LogP contribution in [-0.4, -0.2) is 37.0 Å². The second-order valence-electron chi connectivity index (χ2n) is 4.65. The van der Waals surface area contributed by atoms with Gasteiger partial charge in [-0.2, -0.15) is 0 Å². The van der Waals surface area contributed by atoms with Crippen LogP contribution in [0.3, 0.4) is 0 Å². The van der Waals surface area contributed by atoms with Crippen molar-refractivity contribution in [1.29, 1.82) is 0 Å². The Balaban J connectivity index is 1.83. The standard InChI is InChI=1S/C14H21NO2/c16-10-14(9-12-5-2-1-3-6-12)15-13-7-4-8-17-11-13/h1-3,5-6,13-16H,4,7-11H2/t13-,14+/m0/s1. The minimum atomic E-state index is 0.129. The summed E-state index contributed by atoms with van der Waals surface area (Å²) in [7, 11) is 0. The first kappa shape index (κ1) is 12.6. The molecule has 1 heterocycles. The fourth-order valence-electron chi connectivity index (χ4n) is 2.28. The average Bonchev–Trinajstić information content (AvgIpc) is 2.40. The van der Waals surface area contributed by atoms with E-state index in [1.165, 1.54) is 5.56 Å². The summed E-state index contributed by atoms with van der Waals surface area (Å²) in [5.41, 5.74) is 1.26. The SMILES string of the molecule is OC[C@@H](Cc1ccccc1)N[C@H]1CCCOC1. The molecule has 0 aliphatic carbocycles. The van der Waals surface area contributed by atoms with Crippen molar-refractivity contribution in [2.45, 2.75) is 31.3 Å². The van der Waals surface area contributed by atoms with Crippen molar-refractivity contribution < 1.29 is 9.84 Å². The normalized spacial score (nSPS) is 22.3. The van der Waals surface area contributed by atoms with Crippen LogP contribution >= 0.6 is 0 Å². The van der Waals surface area contributed by atoms with Gasteiger partial charge in [-0.25, -0.2) is 0 Å². The first-order chi connectivity index (χ1) is 8.38. The summed E-state index contributed by atoms with van der Waals surface area (Å²) in [5.74, 6) is 0. The summed E-state index contributed by atoms with van der Waals surface area (Å²) >= 11 is 0. The fourth-order valence-corrected chi connectivity index (χ4v) is 2.28. The summed E-state index contributed by atoms with van der Waals surface area (Å²) in [5, 5.41) is 12.9. The Morgan fingerprint density at radius 3 is 2.82 bits per heavy atom. The van der Waals surface area contributed by atoms with Crippen LogP contribution in [0.5, 0.6) is 0 Å². The molecule has 0 bridgehead atoms. The number of hydrogen-bond donors (Lipinski definition) is 2. The Morgan fingerprint density at radius 2 is 2.18 bits per heavy atom. The molecule has 17 heavy (non-hydrogen) atoms. The van der Waals surface area contributed by atoms with Gasteiger partial charge in [0.15, 0.2) is 0 Å². The van der Waals surface area contributed by atoms with E-state index in [0.29, 0.717) is 6.04 Å². The Hall–Kier alpha value is -0.900. The molecular formula is C14H21NO2. The molecule has 2 N–H and O–H groups in total. The highest BCUT2D eigenvalue weighted by atomic mass is 16.5. The Labute approximate surface area is 103 Å². The second-order valence-corrected chi connectivity index (χ2v) is 4.65. The molecule has 0 aromatic heterocycles. The summed E-state index contributed by atoms with van der Waals surface area (Å²) in [6.07, 6.45) is 3.13. The third-order valence-electron chi connectivity index (χ3n) is 3.18. The van der Waals surface area contributed by atoms with Gasteiger partial charge in [0.1, 0.15) is 0 Å². The largest absolute Gasteiger partial charge is 0.395 e. The van der Waals surface area contributed by atoms with Crippen LogP contribution in [0.25, 0.3) is 0 Å². The molecule has 1 aliphatic heterocycles. The summed E-state index contributed by atoms with van der Waals surface area (Å²) in [4.78, 5) is 0. The molecule has 3 heteroatoms. The zero-order valence-electron chi connectivity index (χ0n) is 10.1. The second kappa shape index (κ2) is 6.74. The van der Waals surface area contributed by atoms with Crippen LogP contribution in [-0.2, 0) is 11.2 Å². The molecule has 0 unspecified atom stereocenters. The maximum atomic E-state index is 9.41. The molecule has 0 spiro atoms. The van der Waals surface area contributed by atoms with Gasteiger partial charge in [-0.1, -0.05) is 30.3 Å². The molecule has 2 atom stereocenters. The molecule has 0 amide bonds. The topological polar surface area (TPSA) is 41.5 Å². The number of hydrogen-bond acceptors (Lipinski definition) is 3. The Morgan fingerprint density at radius 1 is 1.35 bits per heavy atom. The molecule has 1 aliphatic rings. The lowest BCUT2D eigenvalue weighted by molar-refractivity contribution is 0.0624. The van der Waals surface area contributed by atoms with Crippen LogP contribution in [0, 0.1) is 0 Å². The van der Waals surface area contributed by atoms with Gasteiger partial charge in [-0.15, -0.1) is 0 Å². The fraction of sp³-hybridized carbons (Fsp3) is 0.571. The lowest BCUT2D eigenvalue weighted by atomic mass is 10.0. The quantitative estimate of drug-likeness (QED) is 0.809. The van der Waals surface area contributed by atoms with E-state index in [1.54, 1.807) is 0 Å². The Bertz CT molecular complexity index is 309. The van der Waals surface area contributed by atoms with Crippen molar-refractivity contribution in [3.05, 3.63) is 35.9 Å². The number of rotatable bonds is 5. The predicted molar refractivity (Wildman–Crippen MR) is 68.0 cm³/mol. The monoisotopic (exact) mass is 235 g/mol. The van der Waals surface area contributed by atoms with Gasteiger partial charge in [0.2, 0.25) is 0 Å². The number of ether oxygens (including phenoxy) is 1. The zero-order valence-corrected chi connectivity index (χ0v) is 10.1. The average molecular weight is 235 g/mol. The van der Waals surface area contributed by atoms with Crippen LogP contribution in [0.1, 0.15) is 18.4 Å². The summed E-state index contributed by atoms with van der Waals surface area (Å²) in [6.45, 7) is 1.82. The third-order valence-corrected chi connectivity index (χ3v) is 3.18. The number of nitrogens with one attached hydrogen (secondary N) is 1. The van der Waals surface area contributed by atoms with Gasteiger partial charge in [0.05, 0.1) is 13.2 Å². The van der Waals surface area contributed by atoms with E-state index in [4.69, 9.17) is 4.74 Å². The lowest BCUT2D eigenvalue weighted by Gasteiger charge is -2.27. The molecule has 94 valence electrons. The maximum absolute atomic E-state index is 9.41. The van der Waals surface area contributed by atoms with E-state index in [-0.39, 0.29) is 12.6 Å². The number of aliphatic hydroxyl groups is 1. The molecule has 0 saturated carbocycles. The van der Waals surface area contributed by atoms with Crippen molar-refractivity contribution in [3.8, 4) is 0 Å². The zero-order chi connectivity index (χ0) is 11.9. The van der Waals surface area contributed by atoms with Crippen LogP contribution in [0.15, 0.2) is 30.3 Å². The third kappa shape index (κ3) is 4.11. The molecule has 2 rings (SSSR count). The minimum Gasteiger partial charge on any atom is -0.395 e. The van der Waals surface area contributed by atoms with E-state index >= 15 is 0 Å². The van der Waals surface area contributed by atoms with Crippen LogP contribution in [0.2, 0.25) is 0 Å². The van der Waals surface area contributed by atoms with E-state index < -0.39 is 0 Å². The summed E-state index contributed by atoms with van der Waals surface area (Å²) < 4.78 is 5.43. The van der Waals surface area contributed by atoms with E-state index in [1.807, 2.05) is 18.2 Å². The Kier molecular flexibility index (Phi) is 4.98. The van der Waals surface area contributed by atoms with Crippen molar-refractivity contribution in [1.82, 2.24) is 5.32 Å². The molecule has 1 aromatic carbocycles. The molecular weight excluding hydrogens is 214 g/mol. The van der Waals surface area contributed by atoms with E-state index in [9.17, 15) is 5.11 Å². The highest BCUT2D eigenvalue weighted by molar-refractivity contribution is 5.15. The van der Waals surface area contributed by atoms with Crippen LogP contribution < -0.4 is 5.32 Å². The number of benzene rings is 1. The van der Waals surface area contributed by atoms with Gasteiger partial charge in [-0.05, 0) is 24.8 Å². The van der Waals surface area contributed by atoms with Crippen LogP contribution in [0.4, 0.5) is 0 Å². The molecule has 3 nitrogen and oxygen atoms in total. The van der Waals surface area contributed by atoms with Crippen molar-refractivity contribution >= 4 is 0 Å². The van der Waals surface area contributed by atoms with Gasteiger partial charge in [-0.3, -0.25) is 0 Å². The van der Waals surface area contributed by atoms with Gasteiger partial charge in [0.25, 0.3) is 0 Å². The molecule has 1 aromatic rings. The summed E-state index contributed by atoms with van der Waals surface area (Å²) in [6, 6.07) is 10.8. The van der Waals surface area contributed by atoms with Gasteiger partial charge in [0, 0.05) is 18.7 Å². The van der Waals surface area contributed by atoms with Crippen molar-refractivity contribution in [3.63, 3.8) is 0 Å².